The predicted octanol–water partition coefficient (Wildman–Crippen LogP) is 2.59. The van der Waals surface area contributed by atoms with E-state index >= 15 is 0 Å². The van der Waals surface area contributed by atoms with Crippen LogP contribution in [0.15, 0.2) is 24.3 Å². The van der Waals surface area contributed by atoms with Gasteiger partial charge in [0.25, 0.3) is 0 Å². The Hall–Kier alpha value is -1.48. The lowest BCUT2D eigenvalue weighted by Crippen LogP contribution is -1.99. The summed E-state index contributed by atoms with van der Waals surface area (Å²) in [4.78, 5) is 0. The zero-order valence-electron chi connectivity index (χ0n) is 9.35. The van der Waals surface area contributed by atoms with E-state index in [1.807, 2.05) is 24.3 Å². The Bertz CT molecular complexity index is 385. The molecule has 0 bridgehead atoms. The zero-order valence-corrected chi connectivity index (χ0v) is 9.35. The number of benzene rings is 1. The molecule has 1 aromatic carbocycles. The molecule has 0 amide bonds. The van der Waals surface area contributed by atoms with Crippen LogP contribution >= 0.6 is 0 Å². The van der Waals surface area contributed by atoms with Gasteiger partial charge < -0.3 is 14.6 Å². The maximum absolute atomic E-state index is 9.56. The molecule has 3 nitrogen and oxygen atoms in total. The Morgan fingerprint density at radius 1 is 1.38 bits per heavy atom. The van der Waals surface area contributed by atoms with Gasteiger partial charge in [-0.15, -0.1) is 0 Å². The highest BCUT2D eigenvalue weighted by molar-refractivity contribution is 5.56. The number of aliphatic hydroxyl groups is 1. The quantitative estimate of drug-likeness (QED) is 0.847. The van der Waals surface area contributed by atoms with Crippen LogP contribution in [-0.4, -0.2) is 18.0 Å². The third kappa shape index (κ3) is 2.55. The van der Waals surface area contributed by atoms with Crippen LogP contribution in [0.5, 0.6) is 11.5 Å². The van der Waals surface area contributed by atoms with Gasteiger partial charge in [-0.1, -0.05) is 31.6 Å². The van der Waals surface area contributed by atoms with Crippen molar-refractivity contribution in [3.05, 3.63) is 29.8 Å². The van der Waals surface area contributed by atoms with Crippen LogP contribution in [0, 0.1) is 0 Å². The standard InChI is InChI=1S/C13H16O3/c1-2-3-11(14)6-4-10-5-7-12-13(8-10)16-9-15-12/h4-8,11,14H,2-3,9H2,1H3/b6-4+. The van der Waals surface area contributed by atoms with Crippen molar-refractivity contribution in [3.8, 4) is 11.5 Å². The minimum Gasteiger partial charge on any atom is -0.454 e. The van der Waals surface area contributed by atoms with Gasteiger partial charge in [0.2, 0.25) is 6.79 Å². The van der Waals surface area contributed by atoms with E-state index in [2.05, 4.69) is 6.92 Å². The molecule has 0 saturated heterocycles. The summed E-state index contributed by atoms with van der Waals surface area (Å²) in [5, 5.41) is 9.56. The van der Waals surface area contributed by atoms with Crippen molar-refractivity contribution in [2.45, 2.75) is 25.9 Å². The number of rotatable bonds is 4. The second kappa shape index (κ2) is 5.03. The molecule has 1 N–H and O–H groups in total. The summed E-state index contributed by atoms with van der Waals surface area (Å²) >= 11 is 0. The van der Waals surface area contributed by atoms with Crippen LogP contribution in [0.1, 0.15) is 25.3 Å². The molecule has 0 aliphatic carbocycles. The highest BCUT2D eigenvalue weighted by atomic mass is 16.7. The summed E-state index contributed by atoms with van der Waals surface area (Å²) in [5.41, 5.74) is 1.01. The van der Waals surface area contributed by atoms with Crippen LogP contribution in [0.3, 0.4) is 0 Å². The fourth-order valence-electron chi connectivity index (χ4n) is 1.63. The van der Waals surface area contributed by atoms with Crippen molar-refractivity contribution in [2.75, 3.05) is 6.79 Å². The van der Waals surface area contributed by atoms with Gasteiger partial charge in [-0.3, -0.25) is 0 Å². The molecule has 0 fully saturated rings. The van der Waals surface area contributed by atoms with E-state index in [9.17, 15) is 5.11 Å². The maximum Gasteiger partial charge on any atom is 0.231 e. The number of hydrogen-bond acceptors (Lipinski definition) is 3. The number of fused-ring (bicyclic) bond motifs is 1. The molecule has 1 atom stereocenters. The Morgan fingerprint density at radius 2 is 2.19 bits per heavy atom. The Kier molecular flexibility index (Phi) is 3.47. The first-order valence-electron chi connectivity index (χ1n) is 5.55. The van der Waals surface area contributed by atoms with Crippen molar-refractivity contribution in [1.29, 1.82) is 0 Å². The van der Waals surface area contributed by atoms with E-state index in [4.69, 9.17) is 9.47 Å². The highest BCUT2D eigenvalue weighted by Crippen LogP contribution is 2.32. The molecular weight excluding hydrogens is 204 g/mol. The van der Waals surface area contributed by atoms with E-state index in [0.29, 0.717) is 6.79 Å². The van der Waals surface area contributed by atoms with Gasteiger partial charge in [0, 0.05) is 0 Å². The first-order chi connectivity index (χ1) is 7.79. The lowest BCUT2D eigenvalue weighted by Gasteiger charge is -2.02. The normalized spacial score (nSPS) is 15.6. The molecule has 1 aliphatic rings. The molecule has 0 spiro atoms. The average Bonchev–Trinajstić information content (AvgIpc) is 2.74. The monoisotopic (exact) mass is 220 g/mol. The maximum atomic E-state index is 9.56. The van der Waals surface area contributed by atoms with Crippen molar-refractivity contribution in [2.24, 2.45) is 0 Å². The van der Waals surface area contributed by atoms with E-state index in [0.717, 1.165) is 29.9 Å². The molecule has 1 unspecified atom stereocenters. The van der Waals surface area contributed by atoms with E-state index in [1.54, 1.807) is 6.08 Å². The zero-order chi connectivity index (χ0) is 11.4. The van der Waals surface area contributed by atoms with Gasteiger partial charge in [-0.2, -0.15) is 0 Å². The van der Waals surface area contributed by atoms with Crippen molar-refractivity contribution < 1.29 is 14.6 Å². The summed E-state index contributed by atoms with van der Waals surface area (Å²) in [6.07, 6.45) is 5.12. The molecule has 86 valence electrons. The molecule has 0 saturated carbocycles. The van der Waals surface area contributed by atoms with Crippen LogP contribution in [0.25, 0.3) is 6.08 Å². The third-order valence-corrected chi connectivity index (χ3v) is 2.49. The SMILES string of the molecule is CCCC(O)/C=C/c1ccc2c(c1)OCO2. The molecule has 3 heteroatoms. The minimum absolute atomic E-state index is 0.293. The first-order valence-corrected chi connectivity index (χ1v) is 5.55. The van der Waals surface area contributed by atoms with Gasteiger partial charge in [-0.25, -0.2) is 0 Å². The molecular formula is C13H16O3. The van der Waals surface area contributed by atoms with Crippen LogP contribution in [0.2, 0.25) is 0 Å². The molecule has 16 heavy (non-hydrogen) atoms. The van der Waals surface area contributed by atoms with Gasteiger partial charge in [0.15, 0.2) is 11.5 Å². The second-order valence-corrected chi connectivity index (χ2v) is 3.83. The van der Waals surface area contributed by atoms with Crippen LogP contribution < -0.4 is 9.47 Å². The van der Waals surface area contributed by atoms with E-state index < -0.39 is 0 Å². The van der Waals surface area contributed by atoms with Crippen LogP contribution in [-0.2, 0) is 0 Å². The number of aliphatic hydroxyl groups excluding tert-OH is 1. The van der Waals surface area contributed by atoms with E-state index in [1.165, 1.54) is 0 Å². The Labute approximate surface area is 95.3 Å². The van der Waals surface area contributed by atoms with Crippen molar-refractivity contribution >= 4 is 6.08 Å². The van der Waals surface area contributed by atoms with Crippen molar-refractivity contribution in [3.63, 3.8) is 0 Å². The van der Waals surface area contributed by atoms with Gasteiger partial charge >= 0.3 is 0 Å². The second-order valence-electron chi connectivity index (χ2n) is 3.83. The minimum atomic E-state index is -0.365. The van der Waals surface area contributed by atoms with Crippen molar-refractivity contribution in [1.82, 2.24) is 0 Å². The molecule has 1 aromatic rings. The number of hydrogen-bond donors (Lipinski definition) is 1. The summed E-state index contributed by atoms with van der Waals surface area (Å²) < 4.78 is 10.5. The molecule has 1 aliphatic heterocycles. The van der Waals surface area contributed by atoms with Gasteiger partial charge in [0.05, 0.1) is 6.10 Å². The van der Waals surface area contributed by atoms with Crippen LogP contribution in [0.4, 0.5) is 0 Å². The highest BCUT2D eigenvalue weighted by Gasteiger charge is 2.12. The summed E-state index contributed by atoms with van der Waals surface area (Å²) in [6.45, 7) is 2.35. The fourth-order valence-corrected chi connectivity index (χ4v) is 1.63. The third-order valence-electron chi connectivity index (χ3n) is 2.49. The lowest BCUT2D eigenvalue weighted by molar-refractivity contribution is 0.174. The largest absolute Gasteiger partial charge is 0.454 e. The summed E-state index contributed by atoms with van der Waals surface area (Å²) in [7, 11) is 0. The summed E-state index contributed by atoms with van der Waals surface area (Å²) in [5.74, 6) is 1.55. The Morgan fingerprint density at radius 3 is 3.00 bits per heavy atom. The van der Waals surface area contributed by atoms with E-state index in [-0.39, 0.29) is 6.10 Å². The Balaban J connectivity index is 2.05. The number of ether oxygens (including phenoxy) is 2. The molecule has 0 radical (unpaired) electrons. The fraction of sp³-hybridized carbons (Fsp3) is 0.385. The van der Waals surface area contributed by atoms with Gasteiger partial charge in [0.1, 0.15) is 0 Å². The predicted molar refractivity (Wildman–Crippen MR) is 62.5 cm³/mol. The smallest absolute Gasteiger partial charge is 0.231 e. The molecule has 2 rings (SSSR count). The van der Waals surface area contributed by atoms with Gasteiger partial charge in [-0.05, 0) is 24.1 Å². The lowest BCUT2D eigenvalue weighted by atomic mass is 10.1. The average molecular weight is 220 g/mol. The molecule has 1 heterocycles. The topological polar surface area (TPSA) is 38.7 Å². The summed E-state index contributed by atoms with van der Waals surface area (Å²) in [6, 6.07) is 5.74. The first kappa shape index (κ1) is 11.0. The molecule has 0 aromatic heterocycles.